The van der Waals surface area contributed by atoms with Crippen molar-refractivity contribution in [2.45, 2.75) is 43.0 Å². The van der Waals surface area contributed by atoms with Gasteiger partial charge in [0.1, 0.15) is 0 Å². The number of nitrogens with zero attached hydrogens (tertiary/aromatic N) is 6. The highest BCUT2D eigenvalue weighted by molar-refractivity contribution is 7.90. The van der Waals surface area contributed by atoms with Gasteiger partial charge >= 0.3 is 0 Å². The number of aryl methyl sites for hydroxylation is 1. The predicted octanol–water partition coefficient (Wildman–Crippen LogP) is 1.84. The lowest BCUT2D eigenvalue weighted by Crippen LogP contribution is -2.41. The van der Waals surface area contributed by atoms with Gasteiger partial charge in [-0.1, -0.05) is 23.4 Å². The Balaban J connectivity index is 1.41. The average molecular weight is 513 g/mol. The van der Waals surface area contributed by atoms with Crippen LogP contribution in [0.15, 0.2) is 33.7 Å². The molecule has 1 aromatic carbocycles. The minimum atomic E-state index is -3.59. The topological polar surface area (TPSA) is 124 Å². The summed E-state index contributed by atoms with van der Waals surface area (Å²) >= 11 is 0. The van der Waals surface area contributed by atoms with E-state index < -0.39 is 9.84 Å². The number of hydrogen-bond donors (Lipinski definition) is 0. The lowest BCUT2D eigenvalue weighted by atomic mass is 10.0. The first kappa shape index (κ1) is 23.3. The van der Waals surface area contributed by atoms with Gasteiger partial charge in [-0.05, 0) is 25.5 Å². The van der Waals surface area contributed by atoms with Crippen molar-refractivity contribution in [2.24, 2.45) is 0 Å². The first-order chi connectivity index (χ1) is 17.4. The van der Waals surface area contributed by atoms with Gasteiger partial charge in [0.05, 0.1) is 42.1 Å². The second kappa shape index (κ2) is 9.09. The Morgan fingerprint density at radius 2 is 1.97 bits per heavy atom. The van der Waals surface area contributed by atoms with E-state index >= 15 is 0 Å². The summed E-state index contributed by atoms with van der Waals surface area (Å²) in [6, 6.07) is 6.99. The number of aromatic nitrogens is 4. The van der Waals surface area contributed by atoms with Crippen molar-refractivity contribution in [3.05, 3.63) is 47.2 Å². The molecule has 36 heavy (non-hydrogen) atoms. The van der Waals surface area contributed by atoms with Crippen molar-refractivity contribution >= 4 is 15.7 Å². The molecule has 2 aromatic heterocycles. The number of rotatable bonds is 4. The third kappa shape index (κ3) is 4.12. The van der Waals surface area contributed by atoms with Crippen LogP contribution in [0, 0.1) is 6.92 Å². The van der Waals surface area contributed by atoms with Crippen LogP contribution in [0.4, 0.5) is 0 Å². The third-order valence-corrected chi connectivity index (χ3v) is 8.78. The van der Waals surface area contributed by atoms with E-state index in [1.807, 2.05) is 16.8 Å². The molecule has 5 heterocycles. The molecule has 0 saturated carbocycles. The second-order valence-electron chi connectivity index (χ2n) is 9.54. The van der Waals surface area contributed by atoms with Crippen LogP contribution in [0.5, 0.6) is 0 Å². The van der Waals surface area contributed by atoms with Crippen LogP contribution in [0.1, 0.15) is 46.7 Å². The summed E-state index contributed by atoms with van der Waals surface area (Å²) < 4.78 is 38.9. The lowest BCUT2D eigenvalue weighted by molar-refractivity contribution is 0.0297. The van der Waals surface area contributed by atoms with E-state index in [2.05, 4.69) is 15.0 Å². The highest BCUT2D eigenvalue weighted by Crippen LogP contribution is 2.42. The number of ether oxygens (including phenoxy) is 1. The smallest absolute Gasteiger partial charge is 0.274 e. The standard InChI is InChI=1S/C24H28N6O5S/c1-16-25-21(27-35-16)14-28-8-4-5-17(13-28)30-23-18-6-2-3-7-20(18)36(32,33)15-19(23)22(26-30)24(31)29-9-11-34-12-10-29/h2-3,6-7,17H,4-5,8-15H2,1H3. The van der Waals surface area contributed by atoms with Gasteiger partial charge in [-0.25, -0.2) is 8.42 Å². The predicted molar refractivity (Wildman–Crippen MR) is 128 cm³/mol. The van der Waals surface area contributed by atoms with Crippen molar-refractivity contribution in [3.8, 4) is 11.3 Å². The maximum absolute atomic E-state index is 13.6. The number of likely N-dealkylation sites (tertiary alicyclic amines) is 1. The molecule has 0 bridgehead atoms. The van der Waals surface area contributed by atoms with Crippen LogP contribution in [-0.4, -0.2) is 83.4 Å². The summed E-state index contributed by atoms with van der Waals surface area (Å²) in [5, 5.41) is 8.87. The maximum atomic E-state index is 13.6. The largest absolute Gasteiger partial charge is 0.378 e. The van der Waals surface area contributed by atoms with Crippen molar-refractivity contribution in [1.29, 1.82) is 0 Å². The minimum absolute atomic E-state index is 0.0272. The second-order valence-corrected chi connectivity index (χ2v) is 11.5. The van der Waals surface area contributed by atoms with Crippen LogP contribution in [0.3, 0.4) is 0 Å². The summed E-state index contributed by atoms with van der Waals surface area (Å²) in [6.07, 6.45) is 1.80. The maximum Gasteiger partial charge on any atom is 0.274 e. The van der Waals surface area contributed by atoms with Crippen molar-refractivity contribution in [1.82, 2.24) is 29.7 Å². The van der Waals surface area contributed by atoms with Crippen LogP contribution >= 0.6 is 0 Å². The summed E-state index contributed by atoms with van der Waals surface area (Å²) in [6.45, 7) is 5.74. The average Bonchev–Trinajstić information content (AvgIpc) is 3.47. The van der Waals surface area contributed by atoms with Gasteiger partial charge in [0.2, 0.25) is 5.89 Å². The summed E-state index contributed by atoms with van der Waals surface area (Å²) in [5.74, 6) is 0.695. The zero-order valence-electron chi connectivity index (χ0n) is 20.1. The highest BCUT2D eigenvalue weighted by atomic mass is 32.2. The Hall–Kier alpha value is -3.09. The SMILES string of the molecule is Cc1nc(CN2CCCC(n3nc(C(=O)N4CCOCC4)c4c3-c3ccccc3S(=O)(=O)C4)C2)no1. The molecule has 0 radical (unpaired) electrons. The molecule has 2 saturated heterocycles. The zero-order chi connectivity index (χ0) is 24.9. The monoisotopic (exact) mass is 512 g/mol. The van der Waals surface area contributed by atoms with Crippen LogP contribution < -0.4 is 0 Å². The van der Waals surface area contributed by atoms with Gasteiger partial charge in [0.15, 0.2) is 21.4 Å². The molecule has 1 atom stereocenters. The number of sulfone groups is 1. The van der Waals surface area contributed by atoms with E-state index in [1.54, 1.807) is 24.0 Å². The lowest BCUT2D eigenvalue weighted by Gasteiger charge is -2.33. The van der Waals surface area contributed by atoms with Crippen molar-refractivity contribution in [3.63, 3.8) is 0 Å². The molecule has 190 valence electrons. The molecule has 3 aromatic rings. The van der Waals surface area contributed by atoms with E-state index in [0.29, 0.717) is 67.1 Å². The number of morpholine rings is 1. The van der Waals surface area contributed by atoms with Crippen molar-refractivity contribution < 1.29 is 22.5 Å². The Labute approximate surface area is 208 Å². The third-order valence-electron chi connectivity index (χ3n) is 7.08. The molecule has 0 N–H and O–H groups in total. The van der Waals surface area contributed by atoms with Gasteiger partial charge in [0, 0.05) is 37.7 Å². The number of carbonyl (C=O) groups is 1. The van der Waals surface area contributed by atoms with Crippen molar-refractivity contribution in [2.75, 3.05) is 39.4 Å². The number of piperidine rings is 1. The molecule has 11 nitrogen and oxygen atoms in total. The molecule has 3 aliphatic heterocycles. The summed E-state index contributed by atoms with van der Waals surface area (Å²) in [5.41, 5.74) is 2.07. The molecule has 1 amide bonds. The van der Waals surface area contributed by atoms with Crippen LogP contribution in [0.2, 0.25) is 0 Å². The van der Waals surface area contributed by atoms with E-state index in [9.17, 15) is 13.2 Å². The fourth-order valence-corrected chi connectivity index (χ4v) is 7.02. The molecule has 1 unspecified atom stereocenters. The van der Waals surface area contributed by atoms with Gasteiger partial charge in [0.25, 0.3) is 5.91 Å². The molecule has 3 aliphatic rings. The Kier molecular flexibility index (Phi) is 5.89. The van der Waals surface area contributed by atoms with E-state index in [1.165, 1.54) is 0 Å². The molecule has 6 rings (SSSR count). The molecule has 0 spiro atoms. The van der Waals surface area contributed by atoms with Gasteiger partial charge in [-0.15, -0.1) is 0 Å². The zero-order valence-corrected chi connectivity index (χ0v) is 20.9. The molecule has 12 heteroatoms. The summed E-state index contributed by atoms with van der Waals surface area (Å²) in [4.78, 5) is 22.1. The van der Waals surface area contributed by atoms with E-state index in [0.717, 1.165) is 25.1 Å². The molecule has 0 aliphatic carbocycles. The van der Waals surface area contributed by atoms with Gasteiger partial charge in [-0.3, -0.25) is 14.4 Å². The highest BCUT2D eigenvalue weighted by Gasteiger charge is 2.39. The Morgan fingerprint density at radius 3 is 2.75 bits per heavy atom. The Bertz CT molecular complexity index is 1410. The van der Waals surface area contributed by atoms with Gasteiger partial charge in [-0.2, -0.15) is 10.1 Å². The minimum Gasteiger partial charge on any atom is -0.378 e. The molecular formula is C24H28N6O5S. The van der Waals surface area contributed by atoms with Gasteiger partial charge < -0.3 is 14.2 Å². The Morgan fingerprint density at radius 1 is 1.17 bits per heavy atom. The number of amides is 1. The van der Waals surface area contributed by atoms with Crippen LogP contribution in [-0.2, 0) is 26.9 Å². The van der Waals surface area contributed by atoms with E-state index in [4.69, 9.17) is 14.4 Å². The first-order valence-corrected chi connectivity index (χ1v) is 13.9. The van der Waals surface area contributed by atoms with E-state index in [-0.39, 0.29) is 23.4 Å². The normalized spacial score (nSPS) is 21.7. The van der Waals surface area contributed by atoms with Crippen LogP contribution in [0.25, 0.3) is 11.3 Å². The molecule has 2 fully saturated rings. The number of hydrogen-bond acceptors (Lipinski definition) is 9. The summed E-state index contributed by atoms with van der Waals surface area (Å²) in [7, 11) is -3.59. The first-order valence-electron chi connectivity index (χ1n) is 12.2. The fourth-order valence-electron chi connectivity index (χ4n) is 5.42. The quantitative estimate of drug-likeness (QED) is 0.515. The number of benzene rings is 1. The number of carbonyl (C=O) groups excluding carboxylic acids is 1. The molecular weight excluding hydrogens is 484 g/mol. The number of fused-ring (bicyclic) bond motifs is 3. The fraction of sp³-hybridized carbons (Fsp3) is 0.500.